The molecule has 0 aliphatic carbocycles. The molecule has 0 aliphatic heterocycles. The van der Waals surface area contributed by atoms with Crippen LogP contribution in [0.25, 0.3) is 0 Å². The normalized spacial score (nSPS) is 12.6. The van der Waals surface area contributed by atoms with Crippen LogP contribution < -0.4 is 5.32 Å². The number of hydrogen-bond donors (Lipinski definition) is 3. The van der Waals surface area contributed by atoms with Gasteiger partial charge in [-0.1, -0.05) is 0 Å². The summed E-state index contributed by atoms with van der Waals surface area (Å²) in [6, 6.07) is 2.06. The summed E-state index contributed by atoms with van der Waals surface area (Å²) in [6.07, 6.45) is 1.71. The van der Waals surface area contributed by atoms with E-state index in [-0.39, 0.29) is 6.61 Å². The third-order valence-corrected chi connectivity index (χ3v) is 3.75. The molecular weight excluding hydrogens is 238 g/mol. The Morgan fingerprint density at radius 3 is 2.82 bits per heavy atom. The largest absolute Gasteiger partial charge is 0.477 e. The number of carbonyl (C=O) groups is 1. The predicted octanol–water partition coefficient (Wildman–Crippen LogP) is 2.01. The maximum Gasteiger partial charge on any atom is 0.345 e. The van der Waals surface area contributed by atoms with Gasteiger partial charge in [0.1, 0.15) is 4.88 Å². The molecule has 0 spiro atoms. The first-order valence-electron chi connectivity index (χ1n) is 5.71. The zero-order chi connectivity index (χ0) is 12.8. The Hall–Kier alpha value is -0.910. The van der Waals surface area contributed by atoms with E-state index in [4.69, 9.17) is 10.2 Å². The molecule has 0 aliphatic rings. The second kappa shape index (κ2) is 6.74. The van der Waals surface area contributed by atoms with Crippen LogP contribution in [0.1, 0.15) is 39.9 Å². The summed E-state index contributed by atoms with van der Waals surface area (Å²) in [5, 5.41) is 20.9. The molecule has 0 radical (unpaired) electrons. The Morgan fingerprint density at radius 2 is 2.29 bits per heavy atom. The fraction of sp³-hybridized carbons (Fsp3) is 0.583. The lowest BCUT2D eigenvalue weighted by atomic mass is 10.1. The van der Waals surface area contributed by atoms with Crippen LogP contribution in [0.5, 0.6) is 0 Å². The van der Waals surface area contributed by atoms with Gasteiger partial charge < -0.3 is 15.5 Å². The summed E-state index contributed by atoms with van der Waals surface area (Å²) in [5.41, 5.74) is 1.04. The van der Waals surface area contributed by atoms with Crippen molar-refractivity contribution in [3.05, 3.63) is 21.4 Å². The summed E-state index contributed by atoms with van der Waals surface area (Å²) < 4.78 is 0. The smallest absolute Gasteiger partial charge is 0.345 e. The molecule has 1 unspecified atom stereocenters. The van der Waals surface area contributed by atoms with E-state index >= 15 is 0 Å². The molecule has 4 nitrogen and oxygen atoms in total. The van der Waals surface area contributed by atoms with E-state index in [1.54, 1.807) is 6.07 Å². The molecule has 0 bridgehead atoms. The van der Waals surface area contributed by atoms with Gasteiger partial charge in [0, 0.05) is 24.1 Å². The van der Waals surface area contributed by atoms with Gasteiger partial charge in [0.05, 0.1) is 0 Å². The second-order valence-corrected chi connectivity index (χ2v) is 5.40. The molecule has 1 rings (SSSR count). The van der Waals surface area contributed by atoms with Crippen molar-refractivity contribution < 1.29 is 15.0 Å². The van der Waals surface area contributed by atoms with E-state index in [2.05, 4.69) is 12.2 Å². The molecule has 0 fully saturated rings. The Morgan fingerprint density at radius 1 is 1.59 bits per heavy atom. The molecule has 1 aromatic rings. The molecule has 1 atom stereocenters. The van der Waals surface area contributed by atoms with Gasteiger partial charge in [-0.2, -0.15) is 0 Å². The Balaban J connectivity index is 2.48. The zero-order valence-electron chi connectivity index (χ0n) is 10.2. The maximum atomic E-state index is 10.8. The van der Waals surface area contributed by atoms with Crippen LogP contribution in [0.4, 0.5) is 0 Å². The first kappa shape index (κ1) is 14.2. The lowest BCUT2D eigenvalue weighted by Gasteiger charge is -2.12. The fourth-order valence-corrected chi connectivity index (χ4v) is 2.46. The average molecular weight is 257 g/mol. The summed E-state index contributed by atoms with van der Waals surface area (Å²) in [5.74, 6) is -0.863. The van der Waals surface area contributed by atoms with Crippen LogP contribution >= 0.6 is 11.3 Å². The lowest BCUT2D eigenvalue weighted by molar-refractivity contribution is 0.0702. The van der Waals surface area contributed by atoms with Gasteiger partial charge in [0.2, 0.25) is 0 Å². The molecule has 0 saturated heterocycles. The number of nitrogens with one attached hydrogen (secondary N) is 1. The minimum Gasteiger partial charge on any atom is -0.477 e. The van der Waals surface area contributed by atoms with Gasteiger partial charge in [-0.05, 0) is 38.3 Å². The van der Waals surface area contributed by atoms with Crippen molar-refractivity contribution in [1.82, 2.24) is 5.32 Å². The number of aryl methyl sites for hydroxylation is 1. The van der Waals surface area contributed by atoms with E-state index in [0.717, 1.165) is 23.3 Å². The minimum absolute atomic E-state index is 0.215. The first-order chi connectivity index (χ1) is 8.04. The Labute approximate surface area is 105 Å². The van der Waals surface area contributed by atoms with Crippen molar-refractivity contribution in [1.29, 1.82) is 0 Å². The molecule has 5 heteroatoms. The average Bonchev–Trinajstić information content (AvgIpc) is 2.65. The van der Waals surface area contributed by atoms with Gasteiger partial charge in [-0.15, -0.1) is 11.3 Å². The van der Waals surface area contributed by atoms with E-state index in [1.807, 2.05) is 6.92 Å². The summed E-state index contributed by atoms with van der Waals surface area (Å²) in [4.78, 5) is 12.2. The van der Waals surface area contributed by atoms with Crippen LogP contribution in [0.15, 0.2) is 6.07 Å². The number of rotatable bonds is 7. The summed E-state index contributed by atoms with van der Waals surface area (Å²) in [7, 11) is 0. The summed E-state index contributed by atoms with van der Waals surface area (Å²) >= 11 is 1.31. The molecular formula is C12H19NO3S. The number of carboxylic acids is 1. The van der Waals surface area contributed by atoms with Crippen molar-refractivity contribution in [2.45, 2.75) is 39.3 Å². The van der Waals surface area contributed by atoms with Gasteiger partial charge in [0.15, 0.2) is 0 Å². The highest BCUT2D eigenvalue weighted by atomic mass is 32.1. The van der Waals surface area contributed by atoms with Crippen LogP contribution in [0.3, 0.4) is 0 Å². The predicted molar refractivity (Wildman–Crippen MR) is 68.6 cm³/mol. The fourth-order valence-electron chi connectivity index (χ4n) is 1.58. The molecule has 1 aromatic heterocycles. The van der Waals surface area contributed by atoms with E-state index in [9.17, 15) is 4.79 Å². The molecule has 17 heavy (non-hydrogen) atoms. The van der Waals surface area contributed by atoms with Gasteiger partial charge in [-0.25, -0.2) is 4.79 Å². The Kier molecular flexibility index (Phi) is 5.61. The van der Waals surface area contributed by atoms with Crippen molar-refractivity contribution in [3.63, 3.8) is 0 Å². The second-order valence-electron chi connectivity index (χ2n) is 4.15. The highest BCUT2D eigenvalue weighted by molar-refractivity contribution is 7.14. The molecule has 0 aromatic carbocycles. The van der Waals surface area contributed by atoms with Gasteiger partial charge in [-0.3, -0.25) is 0 Å². The maximum absolute atomic E-state index is 10.8. The number of aromatic carboxylic acids is 1. The van der Waals surface area contributed by atoms with E-state index in [1.165, 1.54) is 11.3 Å². The number of hydrogen-bond acceptors (Lipinski definition) is 4. The van der Waals surface area contributed by atoms with Crippen LogP contribution in [0.2, 0.25) is 0 Å². The van der Waals surface area contributed by atoms with Crippen molar-refractivity contribution >= 4 is 17.3 Å². The number of thiophene rings is 1. The first-order valence-corrected chi connectivity index (χ1v) is 6.53. The van der Waals surface area contributed by atoms with Crippen LogP contribution in [0, 0.1) is 6.92 Å². The monoisotopic (exact) mass is 257 g/mol. The van der Waals surface area contributed by atoms with Crippen LogP contribution in [-0.2, 0) is 6.54 Å². The third-order valence-electron chi connectivity index (χ3n) is 2.67. The lowest BCUT2D eigenvalue weighted by Crippen LogP contribution is -2.25. The van der Waals surface area contributed by atoms with Gasteiger partial charge in [0.25, 0.3) is 0 Å². The Bertz CT molecular complexity index is 376. The highest BCUT2D eigenvalue weighted by Crippen LogP contribution is 2.21. The van der Waals surface area contributed by atoms with Crippen LogP contribution in [-0.4, -0.2) is 28.8 Å². The molecule has 0 amide bonds. The van der Waals surface area contributed by atoms with Crippen molar-refractivity contribution in [2.24, 2.45) is 0 Å². The number of carboxylic acid groups (broad SMARTS) is 1. The van der Waals surface area contributed by atoms with Gasteiger partial charge >= 0.3 is 5.97 Å². The molecule has 1 heterocycles. The quantitative estimate of drug-likeness (QED) is 0.699. The highest BCUT2D eigenvalue weighted by Gasteiger charge is 2.11. The van der Waals surface area contributed by atoms with E-state index in [0.29, 0.717) is 17.5 Å². The number of aliphatic hydroxyl groups is 1. The molecule has 0 saturated carbocycles. The van der Waals surface area contributed by atoms with E-state index < -0.39 is 5.97 Å². The molecule has 3 N–H and O–H groups in total. The topological polar surface area (TPSA) is 69.6 Å². The van der Waals surface area contributed by atoms with Crippen molar-refractivity contribution in [3.8, 4) is 0 Å². The standard InChI is InChI=1S/C12H19NO3S/c1-8(4-3-5-14)13-7-10-6-11(12(15)16)17-9(10)2/h6,8,13-14H,3-5,7H2,1-2H3,(H,15,16). The summed E-state index contributed by atoms with van der Waals surface area (Å²) in [6.45, 7) is 4.90. The number of aliphatic hydroxyl groups excluding tert-OH is 1. The zero-order valence-corrected chi connectivity index (χ0v) is 11.0. The molecule has 96 valence electrons. The minimum atomic E-state index is -0.863. The van der Waals surface area contributed by atoms with Crippen molar-refractivity contribution in [2.75, 3.05) is 6.61 Å². The third kappa shape index (κ3) is 4.46. The SMILES string of the molecule is Cc1sc(C(=O)O)cc1CNC(C)CCCO.